The Labute approximate surface area is 188 Å². The second-order valence-corrected chi connectivity index (χ2v) is 9.06. The number of carboxylic acids is 1. The molecule has 1 heterocycles. The molecule has 2 atom stereocenters. The summed E-state index contributed by atoms with van der Waals surface area (Å²) in [5.41, 5.74) is 2.36. The Morgan fingerprint density at radius 3 is 2.38 bits per heavy atom. The second-order valence-electron chi connectivity index (χ2n) is 9.06. The Kier molecular flexibility index (Phi) is 6.77. The van der Waals surface area contributed by atoms with Crippen LogP contribution >= 0.6 is 0 Å². The Morgan fingerprint density at radius 2 is 1.72 bits per heavy atom. The Bertz CT molecular complexity index is 949. The second kappa shape index (κ2) is 9.72. The van der Waals surface area contributed by atoms with Crippen LogP contribution in [0.5, 0.6) is 0 Å². The van der Waals surface area contributed by atoms with Gasteiger partial charge in [-0.25, -0.2) is 4.39 Å². The van der Waals surface area contributed by atoms with Gasteiger partial charge in [-0.1, -0.05) is 43.5 Å². The maximum Gasteiger partial charge on any atom is 0.308 e. The van der Waals surface area contributed by atoms with E-state index in [2.05, 4.69) is 5.32 Å². The van der Waals surface area contributed by atoms with E-state index in [0.29, 0.717) is 31.0 Å². The molecule has 6 heteroatoms. The van der Waals surface area contributed by atoms with Crippen molar-refractivity contribution in [2.75, 3.05) is 11.9 Å². The average molecular weight is 439 g/mol. The van der Waals surface area contributed by atoms with E-state index in [1.807, 2.05) is 24.3 Å². The van der Waals surface area contributed by atoms with Gasteiger partial charge < -0.3 is 15.3 Å². The lowest BCUT2D eigenvalue weighted by Crippen LogP contribution is -2.45. The SMILES string of the molecule is Cc1cccc(F)c1C(=O)N1CCC[C@H](C(=O)O)[C@@H]1c1ccc(NC2CCCCC2)cc1. The lowest BCUT2D eigenvalue weighted by Gasteiger charge is -2.40. The van der Waals surface area contributed by atoms with E-state index in [9.17, 15) is 19.1 Å². The summed E-state index contributed by atoms with van der Waals surface area (Å²) >= 11 is 0. The van der Waals surface area contributed by atoms with Crippen molar-refractivity contribution in [1.29, 1.82) is 0 Å². The highest BCUT2D eigenvalue weighted by Gasteiger charge is 2.40. The van der Waals surface area contributed by atoms with Crippen LogP contribution in [0, 0.1) is 18.7 Å². The van der Waals surface area contributed by atoms with E-state index in [0.717, 1.165) is 24.1 Å². The fourth-order valence-electron chi connectivity index (χ4n) is 5.20. The number of anilines is 1. The number of amides is 1. The lowest BCUT2D eigenvalue weighted by atomic mass is 9.84. The molecule has 32 heavy (non-hydrogen) atoms. The molecule has 170 valence electrons. The largest absolute Gasteiger partial charge is 0.481 e. The minimum atomic E-state index is -0.929. The normalized spacial score (nSPS) is 21.9. The van der Waals surface area contributed by atoms with E-state index in [-0.39, 0.29) is 5.56 Å². The number of carboxylic acid groups (broad SMARTS) is 1. The first-order valence-electron chi connectivity index (χ1n) is 11.6. The maximum atomic E-state index is 14.5. The zero-order valence-corrected chi connectivity index (χ0v) is 18.5. The topological polar surface area (TPSA) is 69.6 Å². The van der Waals surface area contributed by atoms with Crippen LogP contribution < -0.4 is 5.32 Å². The molecule has 1 aliphatic heterocycles. The number of hydrogen-bond donors (Lipinski definition) is 2. The van der Waals surface area contributed by atoms with Gasteiger partial charge in [0.25, 0.3) is 5.91 Å². The average Bonchev–Trinajstić information content (AvgIpc) is 2.79. The summed E-state index contributed by atoms with van der Waals surface area (Å²) in [7, 11) is 0. The van der Waals surface area contributed by atoms with Crippen molar-refractivity contribution in [3.05, 3.63) is 65.0 Å². The quantitative estimate of drug-likeness (QED) is 0.642. The number of carbonyl (C=O) groups excluding carboxylic acids is 1. The van der Waals surface area contributed by atoms with Crippen molar-refractivity contribution < 1.29 is 19.1 Å². The molecule has 5 nitrogen and oxygen atoms in total. The van der Waals surface area contributed by atoms with E-state index < -0.39 is 29.7 Å². The molecule has 0 spiro atoms. The monoisotopic (exact) mass is 438 g/mol. The van der Waals surface area contributed by atoms with Gasteiger partial charge in [-0.05, 0) is 61.9 Å². The lowest BCUT2D eigenvalue weighted by molar-refractivity contribution is -0.145. The summed E-state index contributed by atoms with van der Waals surface area (Å²) in [4.78, 5) is 27.0. The van der Waals surface area contributed by atoms with Crippen LogP contribution in [0.2, 0.25) is 0 Å². The molecule has 2 aliphatic rings. The van der Waals surface area contributed by atoms with Crippen molar-refractivity contribution in [3.63, 3.8) is 0 Å². The van der Waals surface area contributed by atoms with Gasteiger partial charge in [-0.15, -0.1) is 0 Å². The van der Waals surface area contributed by atoms with Gasteiger partial charge in [0.05, 0.1) is 17.5 Å². The number of nitrogens with zero attached hydrogens (tertiary/aromatic N) is 1. The highest BCUT2D eigenvalue weighted by atomic mass is 19.1. The van der Waals surface area contributed by atoms with Gasteiger partial charge in [0.1, 0.15) is 5.82 Å². The fraction of sp³-hybridized carbons (Fsp3) is 0.462. The Balaban J connectivity index is 1.62. The summed E-state index contributed by atoms with van der Waals surface area (Å²) in [5, 5.41) is 13.5. The fourth-order valence-corrected chi connectivity index (χ4v) is 5.20. The molecule has 0 radical (unpaired) electrons. The number of piperidine rings is 1. The van der Waals surface area contributed by atoms with E-state index in [1.165, 1.54) is 25.3 Å². The van der Waals surface area contributed by atoms with E-state index >= 15 is 0 Å². The summed E-state index contributed by atoms with van der Waals surface area (Å²) in [6, 6.07) is 12.2. The third kappa shape index (κ3) is 4.64. The zero-order chi connectivity index (χ0) is 22.7. The number of carbonyl (C=O) groups is 2. The molecular formula is C26H31FN2O3. The van der Waals surface area contributed by atoms with E-state index in [1.54, 1.807) is 24.0 Å². The molecule has 0 bridgehead atoms. The van der Waals surface area contributed by atoms with Gasteiger partial charge in [0.15, 0.2) is 0 Å². The van der Waals surface area contributed by atoms with Crippen molar-refractivity contribution >= 4 is 17.6 Å². The van der Waals surface area contributed by atoms with Crippen molar-refractivity contribution in [2.24, 2.45) is 5.92 Å². The molecule has 0 unspecified atom stereocenters. The summed E-state index contributed by atoms with van der Waals surface area (Å²) < 4.78 is 14.5. The molecule has 2 aromatic carbocycles. The van der Waals surface area contributed by atoms with Crippen LogP contribution in [0.25, 0.3) is 0 Å². The first kappa shape index (κ1) is 22.3. The number of hydrogen-bond acceptors (Lipinski definition) is 3. The standard InChI is InChI=1S/C26H31FN2O3/c1-17-7-5-11-22(27)23(17)25(30)29-16-6-10-21(26(31)32)24(29)18-12-14-20(15-13-18)28-19-8-3-2-4-9-19/h5,7,11-15,19,21,24,28H,2-4,6,8-10,16H2,1H3,(H,31,32)/t21-,24-/m0/s1. The minimum absolute atomic E-state index is 0.0270. The molecule has 1 saturated heterocycles. The highest BCUT2D eigenvalue weighted by molar-refractivity contribution is 5.96. The zero-order valence-electron chi connectivity index (χ0n) is 18.5. The molecule has 2 fully saturated rings. The molecule has 1 saturated carbocycles. The van der Waals surface area contributed by atoms with Gasteiger partial charge in [0, 0.05) is 18.3 Å². The summed E-state index contributed by atoms with van der Waals surface area (Å²) in [5.74, 6) is -2.67. The van der Waals surface area contributed by atoms with Gasteiger partial charge in [-0.2, -0.15) is 0 Å². The van der Waals surface area contributed by atoms with Crippen LogP contribution in [-0.4, -0.2) is 34.5 Å². The van der Waals surface area contributed by atoms with Crippen LogP contribution in [0.4, 0.5) is 10.1 Å². The predicted molar refractivity (Wildman–Crippen MR) is 122 cm³/mol. The number of nitrogens with one attached hydrogen (secondary N) is 1. The van der Waals surface area contributed by atoms with Crippen molar-refractivity contribution in [2.45, 2.75) is 64.0 Å². The third-order valence-electron chi connectivity index (χ3n) is 6.87. The van der Waals surface area contributed by atoms with Gasteiger partial charge in [-0.3, -0.25) is 9.59 Å². The Morgan fingerprint density at radius 1 is 1.00 bits per heavy atom. The molecular weight excluding hydrogens is 407 g/mol. The maximum absolute atomic E-state index is 14.5. The van der Waals surface area contributed by atoms with E-state index in [4.69, 9.17) is 0 Å². The molecule has 0 aromatic heterocycles. The van der Waals surface area contributed by atoms with Gasteiger partial charge >= 0.3 is 5.97 Å². The van der Waals surface area contributed by atoms with Crippen LogP contribution in [0.3, 0.4) is 0 Å². The third-order valence-corrected chi connectivity index (χ3v) is 6.87. The molecule has 2 aromatic rings. The first-order valence-corrected chi connectivity index (χ1v) is 11.6. The van der Waals surface area contributed by atoms with Crippen LogP contribution in [0.1, 0.15) is 72.5 Å². The van der Waals surface area contributed by atoms with Crippen LogP contribution in [0.15, 0.2) is 42.5 Å². The minimum Gasteiger partial charge on any atom is -0.481 e. The summed E-state index contributed by atoms with van der Waals surface area (Å²) in [6.45, 7) is 2.11. The molecule has 1 aliphatic carbocycles. The number of likely N-dealkylation sites (tertiary alicyclic amines) is 1. The number of aliphatic carboxylic acids is 1. The number of rotatable bonds is 5. The highest BCUT2D eigenvalue weighted by Crippen LogP contribution is 2.38. The van der Waals surface area contributed by atoms with Crippen molar-refractivity contribution in [1.82, 2.24) is 4.90 Å². The molecule has 1 amide bonds. The summed E-state index contributed by atoms with van der Waals surface area (Å²) in [6.07, 6.45) is 7.16. The van der Waals surface area contributed by atoms with Crippen molar-refractivity contribution in [3.8, 4) is 0 Å². The Hall–Kier alpha value is -2.89. The van der Waals surface area contributed by atoms with Crippen LogP contribution in [-0.2, 0) is 4.79 Å². The number of halogens is 1. The smallest absolute Gasteiger partial charge is 0.308 e. The molecule has 2 N–H and O–H groups in total. The first-order chi connectivity index (χ1) is 15.5. The predicted octanol–water partition coefficient (Wildman–Crippen LogP) is 5.56. The number of aryl methyl sites for hydroxylation is 1. The van der Waals surface area contributed by atoms with Gasteiger partial charge in [0.2, 0.25) is 0 Å². The molecule has 4 rings (SSSR count). The number of benzene rings is 2.